The molecule has 2 aromatic carbocycles. The van der Waals surface area contributed by atoms with Crippen LogP contribution in [0.4, 0.5) is 5.69 Å². The molecule has 0 radical (unpaired) electrons. The molecule has 0 bridgehead atoms. The van der Waals surface area contributed by atoms with Gasteiger partial charge in [-0.15, -0.1) is 0 Å². The Morgan fingerprint density at radius 2 is 1.94 bits per heavy atom. The zero-order valence-electron chi connectivity index (χ0n) is 10.2. The zero-order valence-corrected chi connectivity index (χ0v) is 10.2. The largest absolute Gasteiger partial charge is 0.497 e. The molecule has 0 heterocycles. The van der Waals surface area contributed by atoms with E-state index in [1.54, 1.807) is 13.3 Å². The SMILES string of the molecule is COc1ccc(C=Nc2cccc(CO)c2)cc1. The molecule has 0 aliphatic heterocycles. The predicted molar refractivity (Wildman–Crippen MR) is 72.6 cm³/mol. The van der Waals surface area contributed by atoms with Crippen LogP contribution in [0.1, 0.15) is 11.1 Å². The number of hydrogen-bond donors (Lipinski definition) is 1. The quantitative estimate of drug-likeness (QED) is 0.836. The van der Waals surface area contributed by atoms with Crippen LogP contribution in [0.2, 0.25) is 0 Å². The molecule has 0 aliphatic carbocycles. The van der Waals surface area contributed by atoms with Crippen LogP contribution in [0.25, 0.3) is 0 Å². The Morgan fingerprint density at radius 1 is 1.17 bits per heavy atom. The predicted octanol–water partition coefficient (Wildman–Crippen LogP) is 2.94. The summed E-state index contributed by atoms with van der Waals surface area (Å²) in [5, 5.41) is 9.04. The summed E-state index contributed by atoms with van der Waals surface area (Å²) < 4.78 is 5.09. The van der Waals surface area contributed by atoms with Gasteiger partial charge in [-0.1, -0.05) is 12.1 Å². The van der Waals surface area contributed by atoms with Crippen LogP contribution >= 0.6 is 0 Å². The van der Waals surface area contributed by atoms with Crippen LogP contribution in [-0.2, 0) is 6.61 Å². The van der Waals surface area contributed by atoms with E-state index in [1.165, 1.54) is 0 Å². The van der Waals surface area contributed by atoms with Gasteiger partial charge in [0.05, 0.1) is 19.4 Å². The second kappa shape index (κ2) is 5.98. The summed E-state index contributed by atoms with van der Waals surface area (Å²) in [5.41, 5.74) is 2.70. The first-order valence-corrected chi connectivity index (χ1v) is 5.70. The van der Waals surface area contributed by atoms with Crippen LogP contribution < -0.4 is 4.74 Å². The molecule has 0 fully saturated rings. The van der Waals surface area contributed by atoms with Crippen LogP contribution in [0.3, 0.4) is 0 Å². The molecule has 0 atom stereocenters. The summed E-state index contributed by atoms with van der Waals surface area (Å²) >= 11 is 0. The van der Waals surface area contributed by atoms with Crippen molar-refractivity contribution in [2.45, 2.75) is 6.61 Å². The van der Waals surface area contributed by atoms with Gasteiger partial charge in [0.15, 0.2) is 0 Å². The Morgan fingerprint density at radius 3 is 2.61 bits per heavy atom. The average Bonchev–Trinajstić information content (AvgIpc) is 2.46. The van der Waals surface area contributed by atoms with E-state index in [1.807, 2.05) is 48.5 Å². The van der Waals surface area contributed by atoms with Crippen molar-refractivity contribution >= 4 is 11.9 Å². The molecule has 2 aromatic rings. The van der Waals surface area contributed by atoms with Crippen LogP contribution in [-0.4, -0.2) is 18.4 Å². The van der Waals surface area contributed by atoms with Gasteiger partial charge in [-0.25, -0.2) is 0 Å². The highest BCUT2D eigenvalue weighted by Gasteiger charge is 1.93. The van der Waals surface area contributed by atoms with E-state index in [2.05, 4.69) is 4.99 Å². The summed E-state index contributed by atoms with van der Waals surface area (Å²) in [6.07, 6.45) is 1.79. The maximum atomic E-state index is 9.04. The fourth-order valence-electron chi connectivity index (χ4n) is 1.57. The van der Waals surface area contributed by atoms with E-state index in [0.717, 1.165) is 22.6 Å². The first kappa shape index (κ1) is 12.3. The Labute approximate surface area is 106 Å². The lowest BCUT2D eigenvalue weighted by Gasteiger charge is -2.00. The number of aliphatic hydroxyl groups excluding tert-OH is 1. The second-order valence-corrected chi connectivity index (χ2v) is 3.86. The summed E-state index contributed by atoms with van der Waals surface area (Å²) in [5.74, 6) is 0.828. The highest BCUT2D eigenvalue weighted by Crippen LogP contribution is 2.15. The van der Waals surface area contributed by atoms with Crippen LogP contribution in [0.5, 0.6) is 5.75 Å². The molecule has 0 saturated heterocycles. The van der Waals surface area contributed by atoms with Crippen molar-refractivity contribution in [1.82, 2.24) is 0 Å². The van der Waals surface area contributed by atoms with Gasteiger partial charge in [0.25, 0.3) is 0 Å². The number of hydrogen-bond acceptors (Lipinski definition) is 3. The third-order valence-electron chi connectivity index (χ3n) is 2.57. The molecule has 0 aromatic heterocycles. The first-order valence-electron chi connectivity index (χ1n) is 5.70. The molecular weight excluding hydrogens is 226 g/mol. The number of aliphatic imine (C=N–C) groups is 1. The van der Waals surface area contributed by atoms with Crippen molar-refractivity contribution < 1.29 is 9.84 Å². The number of aliphatic hydroxyl groups is 1. The summed E-state index contributed by atoms with van der Waals surface area (Å²) in [6.45, 7) is 0.0336. The van der Waals surface area contributed by atoms with E-state index in [-0.39, 0.29) is 6.61 Å². The fourth-order valence-corrected chi connectivity index (χ4v) is 1.57. The van der Waals surface area contributed by atoms with Gasteiger partial charge in [0, 0.05) is 6.21 Å². The molecule has 1 N–H and O–H groups in total. The van der Waals surface area contributed by atoms with Gasteiger partial charge < -0.3 is 9.84 Å². The third kappa shape index (κ3) is 3.18. The van der Waals surface area contributed by atoms with Gasteiger partial charge >= 0.3 is 0 Å². The minimum atomic E-state index is 0.0336. The number of ether oxygens (including phenoxy) is 1. The van der Waals surface area contributed by atoms with E-state index >= 15 is 0 Å². The van der Waals surface area contributed by atoms with Gasteiger partial charge in [-0.2, -0.15) is 0 Å². The molecule has 0 aliphatic rings. The lowest BCUT2D eigenvalue weighted by Crippen LogP contribution is -1.84. The van der Waals surface area contributed by atoms with Crippen molar-refractivity contribution in [3.63, 3.8) is 0 Å². The molecule has 2 rings (SSSR count). The highest BCUT2D eigenvalue weighted by atomic mass is 16.5. The van der Waals surface area contributed by atoms with Gasteiger partial charge in [0.1, 0.15) is 5.75 Å². The molecule has 18 heavy (non-hydrogen) atoms. The molecule has 0 unspecified atom stereocenters. The maximum absolute atomic E-state index is 9.04. The van der Waals surface area contributed by atoms with E-state index in [9.17, 15) is 0 Å². The number of methoxy groups -OCH3 is 1. The third-order valence-corrected chi connectivity index (χ3v) is 2.57. The van der Waals surface area contributed by atoms with Gasteiger partial charge in [-0.05, 0) is 47.5 Å². The fraction of sp³-hybridized carbons (Fsp3) is 0.133. The van der Waals surface area contributed by atoms with Gasteiger partial charge in [0.2, 0.25) is 0 Å². The van der Waals surface area contributed by atoms with Gasteiger partial charge in [-0.3, -0.25) is 4.99 Å². The van der Waals surface area contributed by atoms with Crippen LogP contribution in [0.15, 0.2) is 53.5 Å². The minimum Gasteiger partial charge on any atom is -0.497 e. The van der Waals surface area contributed by atoms with Crippen LogP contribution in [0, 0.1) is 0 Å². The Balaban J connectivity index is 2.13. The monoisotopic (exact) mass is 241 g/mol. The molecular formula is C15H15NO2. The molecule has 0 saturated carbocycles. The van der Waals surface area contributed by atoms with Crippen molar-refractivity contribution in [3.8, 4) is 5.75 Å². The normalized spacial score (nSPS) is 10.8. The average molecular weight is 241 g/mol. The number of nitrogens with zero attached hydrogens (tertiary/aromatic N) is 1. The zero-order chi connectivity index (χ0) is 12.8. The van der Waals surface area contributed by atoms with E-state index in [4.69, 9.17) is 9.84 Å². The molecule has 3 heteroatoms. The Kier molecular flexibility index (Phi) is 4.10. The number of benzene rings is 2. The maximum Gasteiger partial charge on any atom is 0.118 e. The van der Waals surface area contributed by atoms with Crippen molar-refractivity contribution in [1.29, 1.82) is 0 Å². The van der Waals surface area contributed by atoms with Crippen molar-refractivity contribution in [2.24, 2.45) is 4.99 Å². The van der Waals surface area contributed by atoms with Crippen molar-refractivity contribution in [2.75, 3.05) is 7.11 Å². The highest BCUT2D eigenvalue weighted by molar-refractivity contribution is 5.82. The lowest BCUT2D eigenvalue weighted by molar-refractivity contribution is 0.282. The Hall–Kier alpha value is -2.13. The standard InChI is InChI=1S/C15H15NO2/c1-18-15-7-5-12(6-8-15)10-16-14-4-2-3-13(9-14)11-17/h2-10,17H,11H2,1H3. The molecule has 0 spiro atoms. The minimum absolute atomic E-state index is 0.0336. The first-order chi connectivity index (χ1) is 8.81. The summed E-state index contributed by atoms with van der Waals surface area (Å²) in [7, 11) is 1.64. The summed E-state index contributed by atoms with van der Waals surface area (Å²) in [4.78, 5) is 4.36. The summed E-state index contributed by atoms with van der Waals surface area (Å²) in [6, 6.07) is 15.2. The topological polar surface area (TPSA) is 41.8 Å². The Bertz CT molecular complexity index is 532. The molecule has 0 amide bonds. The van der Waals surface area contributed by atoms with E-state index in [0.29, 0.717) is 0 Å². The lowest BCUT2D eigenvalue weighted by atomic mass is 10.2. The van der Waals surface area contributed by atoms with E-state index < -0.39 is 0 Å². The van der Waals surface area contributed by atoms with Crippen molar-refractivity contribution in [3.05, 3.63) is 59.7 Å². The molecule has 3 nitrogen and oxygen atoms in total. The smallest absolute Gasteiger partial charge is 0.118 e. The molecule has 92 valence electrons. The second-order valence-electron chi connectivity index (χ2n) is 3.86. The number of rotatable bonds is 4.